The van der Waals surface area contributed by atoms with Crippen LogP contribution in [0.5, 0.6) is 0 Å². The number of carbonyl (C=O) groups excluding carboxylic acids is 1. The highest BCUT2D eigenvalue weighted by Crippen LogP contribution is 2.18. The van der Waals surface area contributed by atoms with E-state index in [-0.39, 0.29) is 5.92 Å². The zero-order valence-electron chi connectivity index (χ0n) is 8.83. The second kappa shape index (κ2) is 4.71. The Labute approximate surface area is 93.7 Å². The number of aldehydes is 1. The summed E-state index contributed by atoms with van der Waals surface area (Å²) in [5.41, 5.74) is 0.377. The van der Waals surface area contributed by atoms with Gasteiger partial charge in [0.15, 0.2) is 0 Å². The SMILES string of the molecule is N#Cc1ccnc(N2CCC(C=O)CC2)n1. The highest BCUT2D eigenvalue weighted by molar-refractivity contribution is 5.54. The quantitative estimate of drug-likeness (QED) is 0.683. The van der Waals surface area contributed by atoms with Gasteiger partial charge in [-0.15, -0.1) is 0 Å². The third kappa shape index (κ3) is 2.16. The van der Waals surface area contributed by atoms with E-state index in [4.69, 9.17) is 5.26 Å². The van der Waals surface area contributed by atoms with Crippen LogP contribution in [0.25, 0.3) is 0 Å². The van der Waals surface area contributed by atoms with Crippen molar-refractivity contribution in [2.24, 2.45) is 5.92 Å². The van der Waals surface area contributed by atoms with E-state index < -0.39 is 0 Å². The Kier molecular flexibility index (Phi) is 3.10. The van der Waals surface area contributed by atoms with Crippen LogP contribution < -0.4 is 4.90 Å². The number of anilines is 1. The Hall–Kier alpha value is -1.96. The summed E-state index contributed by atoms with van der Waals surface area (Å²) in [7, 11) is 0. The van der Waals surface area contributed by atoms with Crippen molar-refractivity contribution in [1.82, 2.24) is 9.97 Å². The fourth-order valence-electron chi connectivity index (χ4n) is 1.80. The van der Waals surface area contributed by atoms with E-state index in [1.54, 1.807) is 12.3 Å². The Morgan fingerprint density at radius 1 is 1.50 bits per heavy atom. The molecule has 5 nitrogen and oxygen atoms in total. The summed E-state index contributed by atoms with van der Waals surface area (Å²) in [4.78, 5) is 20.9. The van der Waals surface area contributed by atoms with E-state index in [2.05, 4.69) is 9.97 Å². The maximum Gasteiger partial charge on any atom is 0.226 e. The normalized spacial score (nSPS) is 16.8. The van der Waals surface area contributed by atoms with Crippen LogP contribution in [0.15, 0.2) is 12.3 Å². The van der Waals surface area contributed by atoms with Gasteiger partial charge in [-0.05, 0) is 18.9 Å². The average molecular weight is 216 g/mol. The third-order valence-electron chi connectivity index (χ3n) is 2.77. The predicted molar refractivity (Wildman–Crippen MR) is 57.7 cm³/mol. The molecule has 1 aliphatic rings. The smallest absolute Gasteiger partial charge is 0.226 e. The molecule has 0 aromatic carbocycles. The molecule has 0 unspecified atom stereocenters. The molecule has 0 radical (unpaired) electrons. The number of aromatic nitrogens is 2. The summed E-state index contributed by atoms with van der Waals surface area (Å²) >= 11 is 0. The standard InChI is InChI=1S/C11H12N4O/c12-7-10-1-4-13-11(14-10)15-5-2-9(8-16)3-6-15/h1,4,8-9H,2-3,5-6H2. The first kappa shape index (κ1) is 10.6. The van der Waals surface area contributed by atoms with Gasteiger partial charge < -0.3 is 9.69 Å². The highest BCUT2D eigenvalue weighted by atomic mass is 16.1. The van der Waals surface area contributed by atoms with Crippen molar-refractivity contribution in [3.63, 3.8) is 0 Å². The van der Waals surface area contributed by atoms with Crippen LogP contribution in [0, 0.1) is 17.2 Å². The van der Waals surface area contributed by atoms with Gasteiger partial charge in [0.2, 0.25) is 5.95 Å². The van der Waals surface area contributed by atoms with Crippen LogP contribution in [-0.4, -0.2) is 29.3 Å². The minimum atomic E-state index is 0.162. The molecule has 0 atom stereocenters. The van der Waals surface area contributed by atoms with Crippen LogP contribution in [0.3, 0.4) is 0 Å². The van der Waals surface area contributed by atoms with Gasteiger partial charge in [-0.25, -0.2) is 9.97 Å². The van der Waals surface area contributed by atoms with Gasteiger partial charge >= 0.3 is 0 Å². The van der Waals surface area contributed by atoms with Gasteiger partial charge in [0.25, 0.3) is 0 Å². The largest absolute Gasteiger partial charge is 0.341 e. The molecule has 0 aliphatic carbocycles. The first-order chi connectivity index (χ1) is 7.83. The van der Waals surface area contributed by atoms with Crippen molar-refractivity contribution in [3.05, 3.63) is 18.0 Å². The lowest BCUT2D eigenvalue weighted by Gasteiger charge is -2.29. The van der Waals surface area contributed by atoms with Crippen LogP contribution in [-0.2, 0) is 4.79 Å². The van der Waals surface area contributed by atoms with Gasteiger partial charge in [-0.1, -0.05) is 0 Å². The van der Waals surface area contributed by atoms with Gasteiger partial charge in [0, 0.05) is 25.2 Å². The Bertz CT molecular complexity index is 418. The number of nitriles is 1. The van der Waals surface area contributed by atoms with Crippen LogP contribution in [0.1, 0.15) is 18.5 Å². The van der Waals surface area contributed by atoms with E-state index >= 15 is 0 Å². The molecule has 16 heavy (non-hydrogen) atoms. The van der Waals surface area contributed by atoms with E-state index in [1.165, 1.54) is 0 Å². The average Bonchev–Trinajstić information content (AvgIpc) is 2.39. The molecule has 0 saturated carbocycles. The zero-order chi connectivity index (χ0) is 11.4. The van der Waals surface area contributed by atoms with E-state index in [0.717, 1.165) is 32.2 Å². The monoisotopic (exact) mass is 216 g/mol. The first-order valence-electron chi connectivity index (χ1n) is 5.27. The molecule has 0 N–H and O–H groups in total. The van der Waals surface area contributed by atoms with E-state index in [9.17, 15) is 4.79 Å². The zero-order valence-corrected chi connectivity index (χ0v) is 8.83. The molecule has 5 heteroatoms. The molecular weight excluding hydrogens is 204 g/mol. The molecule has 2 heterocycles. The van der Waals surface area contributed by atoms with Crippen LogP contribution in [0.4, 0.5) is 5.95 Å². The Morgan fingerprint density at radius 3 is 2.88 bits per heavy atom. The molecule has 0 spiro atoms. The Balaban J connectivity index is 2.08. The van der Waals surface area contributed by atoms with Crippen molar-refractivity contribution in [2.45, 2.75) is 12.8 Å². The number of hydrogen-bond acceptors (Lipinski definition) is 5. The molecular formula is C11H12N4O. The molecule has 2 rings (SSSR count). The molecule has 1 saturated heterocycles. The lowest BCUT2D eigenvalue weighted by Crippen LogP contribution is -2.35. The van der Waals surface area contributed by atoms with Crippen molar-refractivity contribution >= 4 is 12.2 Å². The molecule has 1 aliphatic heterocycles. The van der Waals surface area contributed by atoms with Crippen molar-refractivity contribution in [2.75, 3.05) is 18.0 Å². The second-order valence-electron chi connectivity index (χ2n) is 3.81. The van der Waals surface area contributed by atoms with Crippen LogP contribution in [0.2, 0.25) is 0 Å². The van der Waals surface area contributed by atoms with Gasteiger partial charge in [0.05, 0.1) is 0 Å². The lowest BCUT2D eigenvalue weighted by atomic mass is 9.99. The predicted octanol–water partition coefficient (Wildman–Crippen LogP) is 0.764. The summed E-state index contributed by atoms with van der Waals surface area (Å²) < 4.78 is 0. The molecule has 0 amide bonds. The second-order valence-corrected chi connectivity index (χ2v) is 3.81. The summed E-state index contributed by atoms with van der Waals surface area (Å²) in [6.07, 6.45) is 4.28. The fourth-order valence-corrected chi connectivity index (χ4v) is 1.80. The summed E-state index contributed by atoms with van der Waals surface area (Å²) in [5, 5.41) is 8.74. The highest BCUT2D eigenvalue weighted by Gasteiger charge is 2.20. The van der Waals surface area contributed by atoms with Crippen molar-refractivity contribution < 1.29 is 4.79 Å². The lowest BCUT2D eigenvalue weighted by molar-refractivity contribution is -0.111. The molecule has 0 bridgehead atoms. The molecule has 82 valence electrons. The van der Waals surface area contributed by atoms with Gasteiger partial charge in [0.1, 0.15) is 18.0 Å². The van der Waals surface area contributed by atoms with Gasteiger partial charge in [-0.2, -0.15) is 5.26 Å². The number of carbonyl (C=O) groups is 1. The maximum absolute atomic E-state index is 10.6. The van der Waals surface area contributed by atoms with E-state index in [1.807, 2.05) is 11.0 Å². The Morgan fingerprint density at radius 2 is 2.25 bits per heavy atom. The third-order valence-corrected chi connectivity index (χ3v) is 2.77. The number of hydrogen-bond donors (Lipinski definition) is 0. The van der Waals surface area contributed by atoms with Crippen molar-refractivity contribution in [3.8, 4) is 6.07 Å². The fraction of sp³-hybridized carbons (Fsp3) is 0.455. The van der Waals surface area contributed by atoms with Crippen molar-refractivity contribution in [1.29, 1.82) is 5.26 Å². The van der Waals surface area contributed by atoms with E-state index in [0.29, 0.717) is 11.6 Å². The minimum Gasteiger partial charge on any atom is -0.341 e. The number of piperidine rings is 1. The first-order valence-corrected chi connectivity index (χ1v) is 5.27. The summed E-state index contributed by atoms with van der Waals surface area (Å²) in [5.74, 6) is 0.749. The molecule has 1 fully saturated rings. The van der Waals surface area contributed by atoms with Crippen LogP contribution >= 0.6 is 0 Å². The van der Waals surface area contributed by atoms with Gasteiger partial charge in [-0.3, -0.25) is 0 Å². The molecule has 1 aromatic rings. The summed E-state index contributed by atoms with van der Waals surface area (Å²) in [6.45, 7) is 1.55. The number of nitrogens with zero attached hydrogens (tertiary/aromatic N) is 4. The summed E-state index contributed by atoms with van der Waals surface area (Å²) in [6, 6.07) is 3.58. The molecule has 1 aromatic heterocycles. The maximum atomic E-state index is 10.6. The topological polar surface area (TPSA) is 69.9 Å². The minimum absolute atomic E-state index is 0.162. The number of rotatable bonds is 2.